The van der Waals surface area contributed by atoms with Crippen molar-refractivity contribution in [2.24, 2.45) is 0 Å². The molecule has 0 atom stereocenters. The third-order valence-corrected chi connectivity index (χ3v) is 3.05. The monoisotopic (exact) mass is 295 g/mol. The zero-order valence-electron chi connectivity index (χ0n) is 12.6. The van der Waals surface area contributed by atoms with Gasteiger partial charge in [-0.1, -0.05) is 6.07 Å². The second kappa shape index (κ2) is 8.21. The number of hydrogen-bond donors (Lipinski definition) is 1. The Morgan fingerprint density at radius 3 is 2.67 bits per heavy atom. The molecular formula is C14H21N3O4. The summed E-state index contributed by atoms with van der Waals surface area (Å²) in [5, 5.41) is 14.2. The molecule has 0 radical (unpaired) electrons. The molecule has 0 fully saturated rings. The van der Waals surface area contributed by atoms with Crippen molar-refractivity contribution in [2.75, 3.05) is 38.7 Å². The lowest BCUT2D eigenvalue weighted by Crippen LogP contribution is -2.34. The van der Waals surface area contributed by atoms with Crippen molar-refractivity contribution in [1.29, 1.82) is 0 Å². The van der Waals surface area contributed by atoms with Crippen molar-refractivity contribution in [3.8, 4) is 0 Å². The molecule has 1 aromatic rings. The molecule has 1 amide bonds. The number of rotatable bonds is 8. The van der Waals surface area contributed by atoms with Crippen LogP contribution in [0.25, 0.3) is 0 Å². The number of benzene rings is 1. The number of anilines is 1. The minimum atomic E-state index is -0.518. The molecule has 0 unspecified atom stereocenters. The van der Waals surface area contributed by atoms with E-state index in [9.17, 15) is 14.9 Å². The topological polar surface area (TPSA) is 84.7 Å². The van der Waals surface area contributed by atoms with Gasteiger partial charge in [0, 0.05) is 26.7 Å². The van der Waals surface area contributed by atoms with Gasteiger partial charge in [-0.3, -0.25) is 14.9 Å². The van der Waals surface area contributed by atoms with Gasteiger partial charge in [0.2, 0.25) is 0 Å². The van der Waals surface area contributed by atoms with Crippen LogP contribution < -0.4 is 5.32 Å². The zero-order chi connectivity index (χ0) is 15.8. The maximum atomic E-state index is 12.5. The first-order valence-electron chi connectivity index (χ1n) is 6.86. The number of carbonyl (C=O) groups excluding carboxylic acids is 1. The fourth-order valence-corrected chi connectivity index (χ4v) is 2.02. The zero-order valence-corrected chi connectivity index (χ0v) is 12.6. The van der Waals surface area contributed by atoms with Crippen LogP contribution in [0.5, 0.6) is 0 Å². The third-order valence-electron chi connectivity index (χ3n) is 3.05. The summed E-state index contributed by atoms with van der Waals surface area (Å²) < 4.78 is 4.96. The van der Waals surface area contributed by atoms with E-state index in [-0.39, 0.29) is 17.2 Å². The van der Waals surface area contributed by atoms with Crippen LogP contribution >= 0.6 is 0 Å². The summed E-state index contributed by atoms with van der Waals surface area (Å²) in [5.41, 5.74) is 0.271. The standard InChI is InChI=1S/C14H21N3O4/c1-4-15-12-8-6-7-11(13(12)17(19)20)14(18)16(5-2)9-10-21-3/h6-8,15H,4-5,9-10H2,1-3H3. The van der Waals surface area contributed by atoms with E-state index >= 15 is 0 Å². The van der Waals surface area contributed by atoms with E-state index < -0.39 is 4.92 Å². The third kappa shape index (κ3) is 4.16. The summed E-state index contributed by atoms with van der Waals surface area (Å²) in [7, 11) is 1.55. The Morgan fingerprint density at radius 2 is 2.14 bits per heavy atom. The summed E-state index contributed by atoms with van der Waals surface area (Å²) in [5.74, 6) is -0.360. The van der Waals surface area contributed by atoms with Gasteiger partial charge in [0.1, 0.15) is 11.3 Å². The number of para-hydroxylation sites is 1. The molecule has 7 nitrogen and oxygen atoms in total. The van der Waals surface area contributed by atoms with Crippen molar-refractivity contribution in [3.63, 3.8) is 0 Å². The number of nitro groups is 1. The van der Waals surface area contributed by atoms with Gasteiger partial charge in [0.25, 0.3) is 5.91 Å². The van der Waals surface area contributed by atoms with Crippen molar-refractivity contribution >= 4 is 17.3 Å². The van der Waals surface area contributed by atoms with Crippen LogP contribution in [0.2, 0.25) is 0 Å². The molecule has 0 aliphatic rings. The molecule has 0 bridgehead atoms. The molecule has 0 spiro atoms. The van der Waals surface area contributed by atoms with Crippen LogP contribution in [0.3, 0.4) is 0 Å². The minimum absolute atomic E-state index is 0.0939. The number of hydrogen-bond acceptors (Lipinski definition) is 5. The van der Waals surface area contributed by atoms with E-state index in [1.807, 2.05) is 13.8 Å². The Bertz CT molecular complexity index is 505. The first-order chi connectivity index (χ1) is 10.1. The average Bonchev–Trinajstić information content (AvgIpc) is 2.47. The molecule has 0 aliphatic heterocycles. The van der Waals surface area contributed by atoms with E-state index in [0.29, 0.717) is 31.9 Å². The number of nitrogens with one attached hydrogen (secondary N) is 1. The SMILES string of the molecule is CCNc1cccc(C(=O)N(CC)CCOC)c1[N+](=O)[O-]. The van der Waals surface area contributed by atoms with Crippen LogP contribution in [0.4, 0.5) is 11.4 Å². The fraction of sp³-hybridized carbons (Fsp3) is 0.500. The molecule has 0 aromatic heterocycles. The Kier molecular flexibility index (Phi) is 6.61. The van der Waals surface area contributed by atoms with Crippen LogP contribution in [0.1, 0.15) is 24.2 Å². The fourth-order valence-electron chi connectivity index (χ4n) is 2.02. The first-order valence-corrected chi connectivity index (χ1v) is 6.86. The Morgan fingerprint density at radius 1 is 1.43 bits per heavy atom. The summed E-state index contributed by atoms with van der Waals surface area (Å²) >= 11 is 0. The van der Waals surface area contributed by atoms with Crippen molar-refractivity contribution in [3.05, 3.63) is 33.9 Å². The molecule has 0 heterocycles. The maximum Gasteiger partial charge on any atom is 0.305 e. The molecule has 0 aliphatic carbocycles. The van der Waals surface area contributed by atoms with Gasteiger partial charge in [0.15, 0.2) is 0 Å². The van der Waals surface area contributed by atoms with Crippen molar-refractivity contribution in [1.82, 2.24) is 4.90 Å². The van der Waals surface area contributed by atoms with Crippen molar-refractivity contribution < 1.29 is 14.5 Å². The quantitative estimate of drug-likeness (QED) is 0.586. The summed E-state index contributed by atoms with van der Waals surface area (Å²) in [6, 6.07) is 4.73. The van der Waals surface area contributed by atoms with E-state index in [4.69, 9.17) is 4.74 Å². The highest BCUT2D eigenvalue weighted by Gasteiger charge is 2.26. The Hall–Kier alpha value is -2.15. The number of nitro benzene ring substituents is 1. The van der Waals surface area contributed by atoms with E-state index in [0.717, 1.165) is 0 Å². The lowest BCUT2D eigenvalue weighted by atomic mass is 10.1. The van der Waals surface area contributed by atoms with Gasteiger partial charge in [-0.2, -0.15) is 0 Å². The van der Waals surface area contributed by atoms with E-state index in [1.165, 1.54) is 11.0 Å². The van der Waals surface area contributed by atoms with Crippen LogP contribution in [0.15, 0.2) is 18.2 Å². The Labute approximate surface area is 124 Å². The number of methoxy groups -OCH3 is 1. The maximum absolute atomic E-state index is 12.5. The number of likely N-dealkylation sites (N-methyl/N-ethyl adjacent to an activating group) is 1. The molecule has 7 heteroatoms. The summed E-state index contributed by atoms with van der Waals surface area (Å²) in [4.78, 5) is 24.8. The smallest absolute Gasteiger partial charge is 0.305 e. The summed E-state index contributed by atoms with van der Waals surface area (Å²) in [6.07, 6.45) is 0. The molecule has 1 N–H and O–H groups in total. The molecule has 0 saturated carbocycles. The Balaban J connectivity index is 3.18. The van der Waals surface area contributed by atoms with Crippen LogP contribution in [0, 0.1) is 10.1 Å². The average molecular weight is 295 g/mol. The van der Waals surface area contributed by atoms with E-state index in [1.54, 1.807) is 19.2 Å². The molecule has 1 rings (SSSR count). The number of carbonyl (C=O) groups is 1. The second-order valence-electron chi connectivity index (χ2n) is 4.37. The van der Waals surface area contributed by atoms with Gasteiger partial charge in [-0.25, -0.2) is 0 Å². The molecule has 116 valence electrons. The molecule has 21 heavy (non-hydrogen) atoms. The highest BCUT2D eigenvalue weighted by Crippen LogP contribution is 2.29. The number of nitrogens with zero attached hydrogens (tertiary/aromatic N) is 2. The predicted molar refractivity (Wildman–Crippen MR) is 80.7 cm³/mol. The van der Waals surface area contributed by atoms with Gasteiger partial charge >= 0.3 is 5.69 Å². The number of amides is 1. The molecule has 1 aromatic carbocycles. The second-order valence-corrected chi connectivity index (χ2v) is 4.37. The van der Waals surface area contributed by atoms with E-state index in [2.05, 4.69) is 5.32 Å². The highest BCUT2D eigenvalue weighted by molar-refractivity contribution is 6.00. The summed E-state index contributed by atoms with van der Waals surface area (Å²) in [6.45, 7) is 5.46. The largest absolute Gasteiger partial charge is 0.383 e. The highest BCUT2D eigenvalue weighted by atomic mass is 16.6. The molecule has 0 saturated heterocycles. The van der Waals surface area contributed by atoms with Gasteiger partial charge in [0.05, 0.1) is 11.5 Å². The lowest BCUT2D eigenvalue weighted by Gasteiger charge is -2.20. The van der Waals surface area contributed by atoms with Crippen molar-refractivity contribution in [2.45, 2.75) is 13.8 Å². The minimum Gasteiger partial charge on any atom is -0.383 e. The first kappa shape index (κ1) is 16.9. The molecular weight excluding hydrogens is 274 g/mol. The van der Waals surface area contributed by atoms with Gasteiger partial charge in [-0.15, -0.1) is 0 Å². The van der Waals surface area contributed by atoms with Gasteiger partial charge < -0.3 is 15.0 Å². The normalized spacial score (nSPS) is 10.2. The lowest BCUT2D eigenvalue weighted by molar-refractivity contribution is -0.384. The van der Waals surface area contributed by atoms with Gasteiger partial charge in [-0.05, 0) is 26.0 Å². The predicted octanol–water partition coefficient (Wildman–Crippen LogP) is 2.14. The van der Waals surface area contributed by atoms with Crippen LogP contribution in [-0.2, 0) is 4.74 Å². The number of ether oxygens (including phenoxy) is 1. The van der Waals surface area contributed by atoms with Crippen LogP contribution in [-0.4, -0.2) is 49.1 Å².